The van der Waals surface area contributed by atoms with E-state index in [0.29, 0.717) is 0 Å². The van der Waals surface area contributed by atoms with Gasteiger partial charge in [0.2, 0.25) is 0 Å². The molecule has 26 heavy (non-hydrogen) atoms. The lowest BCUT2D eigenvalue weighted by Crippen LogP contribution is -2.36. The highest BCUT2D eigenvalue weighted by atomic mass is 15.2. The minimum atomic E-state index is 0.0649. The van der Waals surface area contributed by atoms with E-state index in [4.69, 9.17) is 0 Å². The highest BCUT2D eigenvalue weighted by molar-refractivity contribution is 5.25. The van der Waals surface area contributed by atoms with E-state index in [1.165, 1.54) is 22.6 Å². The lowest BCUT2D eigenvalue weighted by molar-refractivity contribution is 0.168. The number of rotatable bonds is 4. The monoisotopic (exact) mass is 349 g/mol. The van der Waals surface area contributed by atoms with Crippen molar-refractivity contribution in [2.45, 2.75) is 51.6 Å². The van der Waals surface area contributed by atoms with Crippen LogP contribution in [-0.2, 0) is 24.8 Å². The van der Waals surface area contributed by atoms with Gasteiger partial charge >= 0.3 is 0 Å². The molecule has 5 heteroatoms. The molecule has 0 bridgehead atoms. The van der Waals surface area contributed by atoms with E-state index in [1.54, 1.807) is 0 Å². The number of aromatic amines is 2. The molecular formula is C21H27N5. The Bertz CT molecular complexity index is 856. The Morgan fingerprint density at radius 3 is 2.73 bits per heavy atom. The third-order valence-electron chi connectivity index (χ3n) is 5.20. The second-order valence-electron chi connectivity index (χ2n) is 8.22. The van der Waals surface area contributed by atoms with Crippen LogP contribution >= 0.6 is 0 Å². The van der Waals surface area contributed by atoms with Gasteiger partial charge in [-0.15, -0.1) is 0 Å². The Hall–Kier alpha value is -2.40. The first-order valence-electron chi connectivity index (χ1n) is 9.35. The quantitative estimate of drug-likeness (QED) is 0.754. The molecule has 0 spiro atoms. The summed E-state index contributed by atoms with van der Waals surface area (Å²) in [5.41, 5.74) is 6.17. The molecule has 0 unspecified atom stereocenters. The summed E-state index contributed by atoms with van der Waals surface area (Å²) in [6.07, 6.45) is 3.82. The van der Waals surface area contributed by atoms with Crippen LogP contribution in [0.4, 0.5) is 0 Å². The summed E-state index contributed by atoms with van der Waals surface area (Å²) in [6, 6.07) is 13.2. The number of nitrogens with one attached hydrogen (secondary N) is 2. The van der Waals surface area contributed by atoms with E-state index in [-0.39, 0.29) is 11.5 Å². The van der Waals surface area contributed by atoms with Crippen molar-refractivity contribution in [2.24, 2.45) is 0 Å². The number of H-pyrrole nitrogens is 2. The maximum absolute atomic E-state index is 4.65. The summed E-state index contributed by atoms with van der Waals surface area (Å²) in [5, 5.41) is 7.76. The van der Waals surface area contributed by atoms with Crippen LogP contribution in [0.5, 0.6) is 0 Å². The maximum Gasteiger partial charge on any atom is 0.0925 e. The van der Waals surface area contributed by atoms with E-state index in [2.05, 4.69) is 82.2 Å². The number of benzene rings is 1. The van der Waals surface area contributed by atoms with Gasteiger partial charge in [-0.2, -0.15) is 5.10 Å². The molecule has 0 fully saturated rings. The minimum Gasteiger partial charge on any atom is -0.348 e. The molecule has 0 saturated carbocycles. The first kappa shape index (κ1) is 17.0. The van der Waals surface area contributed by atoms with Crippen LogP contribution in [-0.4, -0.2) is 31.6 Å². The van der Waals surface area contributed by atoms with Gasteiger partial charge < -0.3 is 4.98 Å². The molecule has 0 radical (unpaired) electrons. The second kappa shape index (κ2) is 6.72. The fourth-order valence-corrected chi connectivity index (χ4v) is 3.70. The van der Waals surface area contributed by atoms with Crippen molar-refractivity contribution in [1.82, 2.24) is 25.1 Å². The Morgan fingerprint density at radius 1 is 1.19 bits per heavy atom. The Kier molecular flexibility index (Phi) is 4.41. The predicted molar refractivity (Wildman–Crippen MR) is 103 cm³/mol. The van der Waals surface area contributed by atoms with Gasteiger partial charge in [-0.3, -0.25) is 10.00 Å². The van der Waals surface area contributed by atoms with Gasteiger partial charge in [0.25, 0.3) is 0 Å². The van der Waals surface area contributed by atoms with Crippen LogP contribution in [0.1, 0.15) is 55.2 Å². The van der Waals surface area contributed by atoms with Crippen molar-refractivity contribution in [3.63, 3.8) is 0 Å². The number of aromatic nitrogens is 4. The molecule has 1 aromatic carbocycles. The second-order valence-corrected chi connectivity index (χ2v) is 8.22. The normalized spacial score (nSPS) is 18.0. The molecule has 1 aliphatic rings. The number of nitrogens with zero attached hydrogens (tertiary/aromatic N) is 3. The molecule has 0 aliphatic carbocycles. The topological polar surface area (TPSA) is 60.6 Å². The number of hydrogen-bond acceptors (Lipinski definition) is 3. The smallest absolute Gasteiger partial charge is 0.0925 e. The molecule has 5 nitrogen and oxygen atoms in total. The molecule has 2 N–H and O–H groups in total. The summed E-state index contributed by atoms with van der Waals surface area (Å²) in [7, 11) is 0. The summed E-state index contributed by atoms with van der Waals surface area (Å²) < 4.78 is 0. The highest BCUT2D eigenvalue weighted by Crippen LogP contribution is 2.32. The van der Waals surface area contributed by atoms with Crippen molar-refractivity contribution in [2.75, 3.05) is 6.54 Å². The number of hydrogen-bond donors (Lipinski definition) is 2. The lowest BCUT2D eigenvalue weighted by Gasteiger charge is -2.34. The Morgan fingerprint density at radius 2 is 2.00 bits per heavy atom. The van der Waals surface area contributed by atoms with Crippen LogP contribution in [0, 0.1) is 0 Å². The summed E-state index contributed by atoms with van der Waals surface area (Å²) in [6.45, 7) is 8.48. The molecule has 136 valence electrons. The molecule has 1 atom stereocenters. The molecule has 2 aromatic heterocycles. The van der Waals surface area contributed by atoms with Gasteiger partial charge in [0, 0.05) is 36.3 Å². The average Bonchev–Trinajstić information content (AvgIpc) is 3.27. The lowest BCUT2D eigenvalue weighted by atomic mass is 9.92. The first-order chi connectivity index (χ1) is 12.5. The van der Waals surface area contributed by atoms with Crippen LogP contribution in [0.2, 0.25) is 0 Å². The van der Waals surface area contributed by atoms with Gasteiger partial charge in [0.1, 0.15) is 0 Å². The third-order valence-corrected chi connectivity index (χ3v) is 5.20. The van der Waals surface area contributed by atoms with Gasteiger partial charge in [-0.1, -0.05) is 51.1 Å². The van der Waals surface area contributed by atoms with Gasteiger partial charge in [-0.05, 0) is 18.1 Å². The number of imidazole rings is 1. The zero-order valence-corrected chi connectivity index (χ0v) is 15.8. The molecule has 4 rings (SSSR count). The standard InChI is InChI=1S/C21H27N5/c1-21(2,3)19-12-16(24-25-19)13-26-10-9-17-20(23-14-22-17)18(26)11-15-7-5-4-6-8-15/h4-8,12,14,18H,9-11,13H2,1-3H3,(H,22,23)(H,24,25)/t18-/m0/s1. The maximum atomic E-state index is 4.65. The van der Waals surface area contributed by atoms with Crippen molar-refractivity contribution < 1.29 is 0 Å². The molecular weight excluding hydrogens is 322 g/mol. The van der Waals surface area contributed by atoms with Crippen molar-refractivity contribution in [1.29, 1.82) is 0 Å². The molecule has 3 heterocycles. The molecule has 1 aliphatic heterocycles. The summed E-state index contributed by atoms with van der Waals surface area (Å²) in [4.78, 5) is 10.5. The van der Waals surface area contributed by atoms with Gasteiger partial charge in [-0.25, -0.2) is 4.98 Å². The SMILES string of the molecule is CC(C)(C)c1cc(CN2CCc3[nH]cnc3[C@@H]2Cc2ccccc2)[nH]n1. The van der Waals surface area contributed by atoms with Crippen molar-refractivity contribution in [3.05, 3.63) is 71.1 Å². The summed E-state index contributed by atoms with van der Waals surface area (Å²) >= 11 is 0. The fourth-order valence-electron chi connectivity index (χ4n) is 3.70. The first-order valence-corrected chi connectivity index (χ1v) is 9.35. The van der Waals surface area contributed by atoms with Gasteiger partial charge in [0.05, 0.1) is 23.8 Å². The highest BCUT2D eigenvalue weighted by Gasteiger charge is 2.30. The van der Waals surface area contributed by atoms with Crippen molar-refractivity contribution in [3.8, 4) is 0 Å². The Balaban J connectivity index is 1.58. The molecule has 0 amide bonds. The van der Waals surface area contributed by atoms with E-state index in [9.17, 15) is 0 Å². The van der Waals surface area contributed by atoms with E-state index < -0.39 is 0 Å². The largest absolute Gasteiger partial charge is 0.348 e. The van der Waals surface area contributed by atoms with E-state index in [0.717, 1.165) is 31.6 Å². The van der Waals surface area contributed by atoms with E-state index >= 15 is 0 Å². The van der Waals surface area contributed by atoms with E-state index in [1.807, 2.05) is 6.33 Å². The average molecular weight is 349 g/mol. The van der Waals surface area contributed by atoms with Crippen LogP contribution in [0.25, 0.3) is 0 Å². The van der Waals surface area contributed by atoms with Crippen LogP contribution in [0.3, 0.4) is 0 Å². The molecule has 3 aromatic rings. The van der Waals surface area contributed by atoms with Crippen LogP contribution in [0.15, 0.2) is 42.7 Å². The predicted octanol–water partition coefficient (Wildman–Crippen LogP) is 3.77. The van der Waals surface area contributed by atoms with Crippen LogP contribution < -0.4 is 0 Å². The summed E-state index contributed by atoms with van der Waals surface area (Å²) in [5.74, 6) is 0. The van der Waals surface area contributed by atoms with Gasteiger partial charge in [0.15, 0.2) is 0 Å². The zero-order valence-electron chi connectivity index (χ0n) is 15.8. The fraction of sp³-hybridized carbons (Fsp3) is 0.429. The number of fused-ring (bicyclic) bond motifs is 1. The third kappa shape index (κ3) is 3.44. The Labute approximate surface area is 154 Å². The minimum absolute atomic E-state index is 0.0649. The zero-order chi connectivity index (χ0) is 18.1. The molecule has 0 saturated heterocycles. The van der Waals surface area contributed by atoms with Crippen molar-refractivity contribution >= 4 is 0 Å².